The van der Waals surface area contributed by atoms with Gasteiger partial charge < -0.3 is 29.8 Å². The molecule has 0 radical (unpaired) electrons. The van der Waals surface area contributed by atoms with E-state index in [1.807, 2.05) is 20.8 Å². The number of ether oxygens (including phenoxy) is 4. The molecular weight excluding hydrogens is 470 g/mol. The Morgan fingerprint density at radius 2 is 1.42 bits per heavy atom. The van der Waals surface area contributed by atoms with Gasteiger partial charge in [0.1, 0.15) is 6.04 Å². The standard InChI is InChI=1S/C26H39NO9/c1-14(2)23(30)35-18-10-9-17(11-19(18)36-24(31)15(3)4)20(21(27)22(28)29)16(5)12-33-25(32)34-13-26(6,7)8/h9-11,14-16,20-21H,12-13,27H2,1-8H3,(H,28,29)/t16?,20?,21-/m0/s1. The van der Waals surface area contributed by atoms with E-state index < -0.39 is 53.8 Å². The summed E-state index contributed by atoms with van der Waals surface area (Å²) in [5.74, 6) is -4.68. The molecule has 10 nitrogen and oxygen atoms in total. The van der Waals surface area contributed by atoms with Crippen LogP contribution < -0.4 is 15.2 Å². The first-order chi connectivity index (χ1) is 16.5. The molecule has 36 heavy (non-hydrogen) atoms. The molecule has 0 amide bonds. The van der Waals surface area contributed by atoms with E-state index in [1.54, 1.807) is 34.6 Å². The number of esters is 2. The van der Waals surface area contributed by atoms with Gasteiger partial charge >= 0.3 is 24.1 Å². The first kappa shape index (κ1) is 30.9. The Bertz CT molecular complexity index is 934. The average molecular weight is 510 g/mol. The zero-order chi connectivity index (χ0) is 27.8. The van der Waals surface area contributed by atoms with Gasteiger partial charge in [0.2, 0.25) is 0 Å². The van der Waals surface area contributed by atoms with Gasteiger partial charge in [0.05, 0.1) is 25.0 Å². The fourth-order valence-electron chi connectivity index (χ4n) is 3.01. The van der Waals surface area contributed by atoms with Crippen molar-refractivity contribution in [1.29, 1.82) is 0 Å². The van der Waals surface area contributed by atoms with Gasteiger partial charge in [-0.25, -0.2) is 4.79 Å². The maximum Gasteiger partial charge on any atom is 0.508 e. The lowest BCUT2D eigenvalue weighted by molar-refractivity contribution is -0.140. The Morgan fingerprint density at radius 1 is 0.889 bits per heavy atom. The Labute approximate surface area is 212 Å². The van der Waals surface area contributed by atoms with E-state index in [-0.39, 0.29) is 30.1 Å². The molecule has 0 aromatic heterocycles. The normalized spacial score (nSPS) is 14.1. The van der Waals surface area contributed by atoms with Crippen molar-refractivity contribution in [2.45, 2.75) is 67.3 Å². The zero-order valence-corrected chi connectivity index (χ0v) is 22.3. The van der Waals surface area contributed by atoms with E-state index in [0.717, 1.165) is 0 Å². The highest BCUT2D eigenvalue weighted by Crippen LogP contribution is 2.36. The highest BCUT2D eigenvalue weighted by atomic mass is 16.7. The predicted molar refractivity (Wildman–Crippen MR) is 132 cm³/mol. The fraction of sp³-hybridized carbons (Fsp3) is 0.615. The number of benzene rings is 1. The van der Waals surface area contributed by atoms with Crippen molar-refractivity contribution >= 4 is 24.1 Å². The molecule has 2 unspecified atom stereocenters. The molecule has 1 rings (SSSR count). The first-order valence-corrected chi connectivity index (χ1v) is 11.9. The molecule has 0 aliphatic heterocycles. The van der Waals surface area contributed by atoms with Crippen LogP contribution in [-0.4, -0.2) is 48.4 Å². The Kier molecular flexibility index (Phi) is 11.4. The van der Waals surface area contributed by atoms with Gasteiger partial charge in [-0.3, -0.25) is 14.4 Å². The van der Waals surface area contributed by atoms with Gasteiger partial charge in [-0.05, 0) is 29.0 Å². The summed E-state index contributed by atoms with van der Waals surface area (Å²) in [6, 6.07) is 3.01. The minimum atomic E-state index is -1.37. The SMILES string of the molecule is CC(C)C(=O)Oc1ccc(C(C(C)COC(=O)OCC(C)(C)C)[C@H](N)C(=O)O)cc1OC(=O)C(C)C. The third kappa shape index (κ3) is 9.85. The molecule has 1 aromatic rings. The number of carbonyl (C=O) groups excluding carboxylic acids is 3. The number of hydrogen-bond acceptors (Lipinski definition) is 9. The Morgan fingerprint density at radius 3 is 1.89 bits per heavy atom. The largest absolute Gasteiger partial charge is 0.508 e. The minimum Gasteiger partial charge on any atom is -0.480 e. The smallest absolute Gasteiger partial charge is 0.480 e. The van der Waals surface area contributed by atoms with Crippen molar-refractivity contribution in [3.05, 3.63) is 23.8 Å². The van der Waals surface area contributed by atoms with Gasteiger partial charge in [-0.1, -0.05) is 61.5 Å². The lowest BCUT2D eigenvalue weighted by Gasteiger charge is -2.28. The van der Waals surface area contributed by atoms with E-state index in [9.17, 15) is 24.3 Å². The summed E-state index contributed by atoms with van der Waals surface area (Å²) < 4.78 is 21.1. The number of nitrogens with two attached hydrogens (primary N) is 1. The fourth-order valence-corrected chi connectivity index (χ4v) is 3.01. The van der Waals surface area contributed by atoms with Crippen molar-refractivity contribution in [3.8, 4) is 11.5 Å². The number of carbonyl (C=O) groups is 4. The number of carboxylic acid groups (broad SMARTS) is 1. The summed E-state index contributed by atoms with van der Waals surface area (Å²) in [7, 11) is 0. The Hall–Kier alpha value is -3.14. The van der Waals surface area contributed by atoms with Crippen molar-refractivity contribution < 1.29 is 43.2 Å². The molecule has 0 aliphatic rings. The van der Waals surface area contributed by atoms with Gasteiger partial charge in [0.15, 0.2) is 11.5 Å². The van der Waals surface area contributed by atoms with Crippen LogP contribution in [0.1, 0.15) is 66.9 Å². The highest BCUT2D eigenvalue weighted by Gasteiger charge is 2.33. The van der Waals surface area contributed by atoms with Crippen LogP contribution in [0.2, 0.25) is 0 Å². The molecule has 0 saturated carbocycles. The van der Waals surface area contributed by atoms with Crippen molar-refractivity contribution in [2.24, 2.45) is 28.9 Å². The maximum absolute atomic E-state index is 12.3. The van der Waals surface area contributed by atoms with Crippen LogP contribution in [0.25, 0.3) is 0 Å². The van der Waals surface area contributed by atoms with Crippen LogP contribution in [0.5, 0.6) is 11.5 Å². The van der Waals surface area contributed by atoms with Gasteiger partial charge in [0, 0.05) is 5.92 Å². The van der Waals surface area contributed by atoms with Gasteiger partial charge in [-0.2, -0.15) is 0 Å². The molecule has 0 fully saturated rings. The second-order valence-electron chi connectivity index (χ2n) is 10.6. The van der Waals surface area contributed by atoms with Crippen LogP contribution in [0.15, 0.2) is 18.2 Å². The predicted octanol–water partition coefficient (Wildman–Crippen LogP) is 4.14. The average Bonchev–Trinajstić information content (AvgIpc) is 2.76. The molecule has 10 heteroatoms. The number of hydrogen-bond donors (Lipinski definition) is 2. The molecule has 0 spiro atoms. The molecule has 0 heterocycles. The highest BCUT2D eigenvalue weighted by molar-refractivity contribution is 5.78. The second-order valence-corrected chi connectivity index (χ2v) is 10.6. The van der Waals surface area contributed by atoms with Gasteiger partial charge in [0.25, 0.3) is 0 Å². The van der Waals surface area contributed by atoms with Crippen LogP contribution in [-0.2, 0) is 23.9 Å². The molecule has 3 atom stereocenters. The monoisotopic (exact) mass is 509 g/mol. The van der Waals surface area contributed by atoms with E-state index in [0.29, 0.717) is 5.56 Å². The summed E-state index contributed by atoms with van der Waals surface area (Å²) in [6.07, 6.45) is -0.873. The third-order valence-corrected chi connectivity index (χ3v) is 5.09. The summed E-state index contributed by atoms with van der Waals surface area (Å²) in [4.78, 5) is 48.2. The van der Waals surface area contributed by atoms with Crippen LogP contribution in [0, 0.1) is 23.2 Å². The maximum atomic E-state index is 12.3. The first-order valence-electron chi connectivity index (χ1n) is 11.9. The third-order valence-electron chi connectivity index (χ3n) is 5.09. The van der Waals surface area contributed by atoms with E-state index >= 15 is 0 Å². The van der Waals surface area contributed by atoms with Crippen LogP contribution in [0.3, 0.4) is 0 Å². The molecule has 0 saturated heterocycles. The van der Waals surface area contributed by atoms with Gasteiger partial charge in [-0.15, -0.1) is 0 Å². The topological polar surface area (TPSA) is 151 Å². The van der Waals surface area contributed by atoms with E-state index in [1.165, 1.54) is 18.2 Å². The minimum absolute atomic E-state index is 0.0174. The number of carboxylic acids is 1. The second kappa shape index (κ2) is 13.2. The number of rotatable bonds is 11. The molecule has 3 N–H and O–H groups in total. The molecule has 1 aromatic carbocycles. The van der Waals surface area contributed by atoms with Crippen LogP contribution in [0.4, 0.5) is 4.79 Å². The molecule has 0 bridgehead atoms. The molecule has 202 valence electrons. The van der Waals surface area contributed by atoms with Crippen LogP contribution >= 0.6 is 0 Å². The van der Waals surface area contributed by atoms with Crippen molar-refractivity contribution in [2.75, 3.05) is 13.2 Å². The number of aliphatic carboxylic acids is 1. The quantitative estimate of drug-likeness (QED) is 0.329. The molecule has 0 aliphatic carbocycles. The summed E-state index contributed by atoms with van der Waals surface area (Å²) in [5.41, 5.74) is 6.17. The van der Waals surface area contributed by atoms with E-state index in [4.69, 9.17) is 24.7 Å². The Balaban J connectivity index is 3.28. The summed E-state index contributed by atoms with van der Waals surface area (Å²) >= 11 is 0. The zero-order valence-electron chi connectivity index (χ0n) is 22.3. The molecular formula is C26H39NO9. The lowest BCUT2D eigenvalue weighted by atomic mass is 9.82. The van der Waals surface area contributed by atoms with Crippen molar-refractivity contribution in [3.63, 3.8) is 0 Å². The lowest BCUT2D eigenvalue weighted by Crippen LogP contribution is -2.40. The van der Waals surface area contributed by atoms with E-state index in [2.05, 4.69) is 0 Å². The van der Waals surface area contributed by atoms with Crippen molar-refractivity contribution in [1.82, 2.24) is 0 Å². The summed E-state index contributed by atoms with van der Waals surface area (Å²) in [6.45, 7) is 14.0. The summed E-state index contributed by atoms with van der Waals surface area (Å²) in [5, 5.41) is 9.62.